The first-order valence-electron chi connectivity index (χ1n) is 25.9. The molecule has 0 aromatic heterocycles. The molecular weight excluding hydrogens is 1020 g/mol. The van der Waals surface area contributed by atoms with Crippen LogP contribution in [0.4, 0.5) is 0 Å². The third-order valence-corrected chi connectivity index (χ3v) is 15.2. The van der Waals surface area contributed by atoms with E-state index in [1.165, 1.54) is 13.8 Å². The highest BCUT2D eigenvalue weighted by Gasteiger charge is 2.52. The maximum atomic E-state index is 14.0. The summed E-state index contributed by atoms with van der Waals surface area (Å²) in [6, 6.07) is 26.0. The molecule has 1 unspecified atom stereocenters. The first kappa shape index (κ1) is 62.1. The zero-order valence-electron chi connectivity index (χ0n) is 46.1. The molecule has 1 saturated carbocycles. The maximum absolute atomic E-state index is 14.0. The lowest BCUT2D eigenvalue weighted by molar-refractivity contribution is -0.277. The van der Waals surface area contributed by atoms with E-state index in [1.807, 2.05) is 78.9 Å². The van der Waals surface area contributed by atoms with E-state index in [0.717, 1.165) is 30.5 Å². The number of nitriles is 1. The molecule has 1 aliphatic carbocycles. The number of ether oxygens (including phenoxy) is 9. The Morgan fingerprint density at radius 3 is 1.83 bits per heavy atom. The zero-order chi connectivity index (χ0) is 56.2. The SMILES string of the molecule is COc1ccc(C(OC[C@H]2C[C@@H](NC(=O)CCCCO[C@H]3O[C@@H](COC(C)=O)[C@@H](OC(C)=O)[C@@H](OC(C)=O)[C@@H]3NC(C)=O)[C@H](OC)[C@@H]2OP(OCCC#N)N(C(C)C)C(C)C)(c2ccccc2)c2ccc(OC)cc2)cc1. The third-order valence-electron chi connectivity index (χ3n) is 13.1. The number of esters is 3. The minimum Gasteiger partial charge on any atom is -0.497 e. The Hall–Kier alpha value is -5.75. The van der Waals surface area contributed by atoms with Crippen LogP contribution < -0.4 is 20.1 Å². The van der Waals surface area contributed by atoms with E-state index >= 15 is 0 Å². The van der Waals surface area contributed by atoms with Gasteiger partial charge in [-0.2, -0.15) is 5.26 Å². The highest BCUT2D eigenvalue weighted by atomic mass is 31.2. The van der Waals surface area contributed by atoms with Gasteiger partial charge in [0.05, 0.1) is 52.1 Å². The molecule has 0 radical (unpaired) electrons. The van der Waals surface area contributed by atoms with Crippen molar-refractivity contribution in [2.75, 3.05) is 47.8 Å². The third kappa shape index (κ3) is 17.1. The van der Waals surface area contributed by atoms with Crippen LogP contribution in [0.3, 0.4) is 0 Å². The molecule has 3 aromatic carbocycles. The number of carbonyl (C=O) groups is 5. The van der Waals surface area contributed by atoms with Crippen molar-refractivity contribution in [1.29, 1.82) is 5.26 Å². The van der Waals surface area contributed by atoms with Gasteiger partial charge in [-0.3, -0.25) is 24.0 Å². The summed E-state index contributed by atoms with van der Waals surface area (Å²) in [5.41, 5.74) is 1.39. The molecule has 2 amide bonds. The van der Waals surface area contributed by atoms with E-state index in [4.69, 9.17) is 51.7 Å². The number of nitrogens with one attached hydrogen (secondary N) is 2. The number of amides is 2. The molecule has 1 saturated heterocycles. The average Bonchev–Trinajstić information content (AvgIpc) is 3.71. The summed E-state index contributed by atoms with van der Waals surface area (Å²) in [4.78, 5) is 62.8. The standard InChI is InChI=1S/C56H77N4O16P/c1-35(2)60(36(3)4)77(72-31-17-29-57)76-51-41(33-71-56(42-18-13-12-14-19-42,43-21-25-45(66-9)26-22-43)44-23-27-46(67-10)28-24-44)32-47(52(51)68-11)59-49(65)20-15-16-30-69-55-50(58-37(5)61)54(74-40(8)64)53(73-39(7)63)48(75-55)34-70-38(6)62/h12-14,18-19,21-28,35-36,41,47-48,50-55H,15-17,20,30-34H2,1-11H3,(H,58,61)(H,59,65)/t41-,47-,48+,50+,51-,52+,53-,54+,55+,77?/m1/s1. The highest BCUT2D eigenvalue weighted by molar-refractivity contribution is 7.44. The van der Waals surface area contributed by atoms with Crippen LogP contribution in [0.5, 0.6) is 11.5 Å². The number of hydrogen-bond acceptors (Lipinski definition) is 18. The van der Waals surface area contributed by atoms with Crippen LogP contribution in [0.2, 0.25) is 0 Å². The van der Waals surface area contributed by atoms with Crippen LogP contribution in [0.15, 0.2) is 78.9 Å². The van der Waals surface area contributed by atoms with Crippen LogP contribution >= 0.6 is 8.53 Å². The van der Waals surface area contributed by atoms with E-state index < -0.39 is 86.8 Å². The smallest absolute Gasteiger partial charge is 0.303 e. The monoisotopic (exact) mass is 1090 g/mol. The van der Waals surface area contributed by atoms with Crippen LogP contribution in [0.25, 0.3) is 0 Å². The van der Waals surface area contributed by atoms with Gasteiger partial charge in [0.25, 0.3) is 8.53 Å². The van der Waals surface area contributed by atoms with Crippen LogP contribution in [-0.2, 0) is 71.8 Å². The zero-order valence-corrected chi connectivity index (χ0v) is 47.0. The molecule has 3 aromatic rings. The molecule has 1 aliphatic heterocycles. The molecule has 1 heterocycles. The second-order valence-corrected chi connectivity index (χ2v) is 20.8. The Bertz CT molecular complexity index is 2330. The number of nitrogens with zero attached hydrogens (tertiary/aromatic N) is 2. The van der Waals surface area contributed by atoms with Crippen molar-refractivity contribution in [3.8, 4) is 17.6 Å². The number of benzene rings is 3. The minimum atomic E-state index is -1.77. The van der Waals surface area contributed by atoms with Gasteiger partial charge in [-0.05, 0) is 87.9 Å². The van der Waals surface area contributed by atoms with Crippen molar-refractivity contribution in [2.24, 2.45) is 5.92 Å². The first-order chi connectivity index (χ1) is 36.9. The van der Waals surface area contributed by atoms with Gasteiger partial charge in [-0.25, -0.2) is 4.67 Å². The van der Waals surface area contributed by atoms with E-state index in [9.17, 15) is 29.2 Å². The molecule has 10 atom stereocenters. The summed E-state index contributed by atoms with van der Waals surface area (Å²) in [7, 11) is 3.06. The van der Waals surface area contributed by atoms with Gasteiger partial charge in [0.2, 0.25) is 11.8 Å². The maximum Gasteiger partial charge on any atom is 0.303 e. The normalized spacial score (nSPS) is 22.7. The lowest BCUT2D eigenvalue weighted by Gasteiger charge is -2.44. The number of unbranched alkanes of at least 4 members (excludes halogenated alkanes) is 1. The van der Waals surface area contributed by atoms with Gasteiger partial charge in [-0.1, -0.05) is 54.6 Å². The van der Waals surface area contributed by atoms with Crippen molar-refractivity contribution in [1.82, 2.24) is 15.3 Å². The van der Waals surface area contributed by atoms with Crippen molar-refractivity contribution in [2.45, 2.75) is 154 Å². The van der Waals surface area contributed by atoms with Crippen molar-refractivity contribution >= 4 is 38.2 Å². The van der Waals surface area contributed by atoms with Crippen LogP contribution in [0, 0.1) is 17.2 Å². The van der Waals surface area contributed by atoms with E-state index in [0.29, 0.717) is 30.8 Å². The predicted molar refractivity (Wildman–Crippen MR) is 283 cm³/mol. The fraction of sp³-hybridized carbons (Fsp3) is 0.571. The van der Waals surface area contributed by atoms with E-state index in [-0.39, 0.29) is 63.2 Å². The topological polar surface area (TPSA) is 238 Å². The van der Waals surface area contributed by atoms with Gasteiger partial charge in [0.1, 0.15) is 42.0 Å². The Balaban J connectivity index is 1.41. The van der Waals surface area contributed by atoms with Crippen LogP contribution in [-0.4, -0.2) is 143 Å². The van der Waals surface area contributed by atoms with Crippen molar-refractivity contribution < 1.29 is 75.7 Å². The summed E-state index contributed by atoms with van der Waals surface area (Å²) >= 11 is 0. The molecule has 21 heteroatoms. The second kappa shape index (κ2) is 30.4. The summed E-state index contributed by atoms with van der Waals surface area (Å²) in [6.07, 6.45) is -4.87. The summed E-state index contributed by atoms with van der Waals surface area (Å²) in [5, 5.41) is 15.4. The second-order valence-electron chi connectivity index (χ2n) is 19.3. The highest BCUT2D eigenvalue weighted by Crippen LogP contribution is 2.51. The molecule has 0 spiro atoms. The Kier molecular flexibility index (Phi) is 24.5. The van der Waals surface area contributed by atoms with E-state index in [1.54, 1.807) is 21.3 Å². The molecule has 422 valence electrons. The molecule has 0 bridgehead atoms. The lowest BCUT2D eigenvalue weighted by atomic mass is 9.79. The number of hydrogen-bond donors (Lipinski definition) is 2. The summed E-state index contributed by atoms with van der Waals surface area (Å²) < 4.78 is 69.2. The van der Waals surface area contributed by atoms with Gasteiger partial charge in [-0.15, -0.1) is 0 Å². The summed E-state index contributed by atoms with van der Waals surface area (Å²) in [6.45, 7) is 13.0. The minimum absolute atomic E-state index is 0.00625. The predicted octanol–water partition coefficient (Wildman–Crippen LogP) is 7.04. The van der Waals surface area contributed by atoms with Gasteiger partial charge < -0.3 is 62.3 Å². The molecule has 20 nitrogen and oxygen atoms in total. The molecule has 2 N–H and O–H groups in total. The fourth-order valence-corrected chi connectivity index (χ4v) is 11.6. The van der Waals surface area contributed by atoms with Gasteiger partial charge >= 0.3 is 17.9 Å². The quantitative estimate of drug-likeness (QED) is 0.0233. The van der Waals surface area contributed by atoms with Crippen LogP contribution in [0.1, 0.15) is 104 Å². The lowest BCUT2D eigenvalue weighted by Crippen LogP contribution is -2.66. The largest absolute Gasteiger partial charge is 0.497 e. The average molecular weight is 1090 g/mol. The summed E-state index contributed by atoms with van der Waals surface area (Å²) in [5.74, 6) is -1.86. The Morgan fingerprint density at radius 2 is 1.31 bits per heavy atom. The molecule has 2 aliphatic rings. The Labute approximate surface area is 453 Å². The number of carbonyl (C=O) groups excluding carboxylic acids is 5. The number of methoxy groups -OCH3 is 3. The molecule has 5 rings (SSSR count). The van der Waals surface area contributed by atoms with Crippen molar-refractivity contribution in [3.63, 3.8) is 0 Å². The van der Waals surface area contributed by atoms with Gasteiger partial charge in [0, 0.05) is 65.8 Å². The first-order valence-corrected chi connectivity index (χ1v) is 27.1. The van der Waals surface area contributed by atoms with Gasteiger partial charge in [0.15, 0.2) is 18.5 Å². The van der Waals surface area contributed by atoms with E-state index in [2.05, 4.69) is 49.1 Å². The fourth-order valence-electron chi connectivity index (χ4n) is 9.84. The molecule has 77 heavy (non-hydrogen) atoms. The number of rotatable bonds is 29. The molecule has 2 fully saturated rings. The van der Waals surface area contributed by atoms with Crippen molar-refractivity contribution in [3.05, 3.63) is 95.6 Å². The molecular formula is C56H77N4O16P. The Morgan fingerprint density at radius 1 is 0.727 bits per heavy atom.